The highest BCUT2D eigenvalue weighted by Gasteiger charge is 2.29. The van der Waals surface area contributed by atoms with Gasteiger partial charge >= 0.3 is 12.1 Å². The van der Waals surface area contributed by atoms with Gasteiger partial charge in [0.15, 0.2) is 6.73 Å². The summed E-state index contributed by atoms with van der Waals surface area (Å²) >= 11 is 0. The molecule has 10 nitrogen and oxygen atoms in total. The Bertz CT molecular complexity index is 1040. The first-order valence-electron chi connectivity index (χ1n) is 9.98. The SMILES string of the molecule is COc1cc(OC[C@H]2CCCN2C(=O)O)c2c(=O)n(COC(=O)C(C)(C)C)cnc2c1. The van der Waals surface area contributed by atoms with Crippen LogP contribution in [0.15, 0.2) is 23.3 Å². The van der Waals surface area contributed by atoms with Crippen LogP contribution in [0.1, 0.15) is 33.6 Å². The molecule has 0 saturated carbocycles. The highest BCUT2D eigenvalue weighted by Crippen LogP contribution is 2.29. The van der Waals surface area contributed by atoms with E-state index in [1.807, 2.05) is 0 Å². The smallest absolute Gasteiger partial charge is 0.407 e. The average molecular weight is 433 g/mol. The van der Waals surface area contributed by atoms with E-state index in [1.54, 1.807) is 32.9 Å². The van der Waals surface area contributed by atoms with Crippen LogP contribution >= 0.6 is 0 Å². The number of hydrogen-bond acceptors (Lipinski definition) is 7. The van der Waals surface area contributed by atoms with Crippen molar-refractivity contribution in [1.82, 2.24) is 14.5 Å². The number of carbonyl (C=O) groups excluding carboxylic acids is 1. The minimum atomic E-state index is -0.994. The number of hydrogen-bond donors (Lipinski definition) is 1. The maximum Gasteiger partial charge on any atom is 0.407 e. The maximum absolute atomic E-state index is 13.1. The number of amides is 1. The predicted octanol–water partition coefficient (Wildman–Crippen LogP) is 2.47. The minimum Gasteiger partial charge on any atom is -0.497 e. The van der Waals surface area contributed by atoms with E-state index in [2.05, 4.69) is 4.98 Å². The van der Waals surface area contributed by atoms with Gasteiger partial charge in [-0.3, -0.25) is 14.2 Å². The molecule has 2 heterocycles. The Morgan fingerprint density at radius 3 is 2.68 bits per heavy atom. The summed E-state index contributed by atoms with van der Waals surface area (Å²) in [5.74, 6) is 0.245. The van der Waals surface area contributed by atoms with Crippen molar-refractivity contribution in [1.29, 1.82) is 0 Å². The lowest BCUT2D eigenvalue weighted by atomic mass is 9.98. The molecule has 31 heavy (non-hydrogen) atoms. The number of fused-ring (bicyclic) bond motifs is 1. The molecule has 1 saturated heterocycles. The van der Waals surface area contributed by atoms with Gasteiger partial charge in [0.05, 0.1) is 24.1 Å². The molecule has 1 aliphatic rings. The van der Waals surface area contributed by atoms with Gasteiger partial charge < -0.3 is 24.2 Å². The van der Waals surface area contributed by atoms with Gasteiger partial charge in [0.2, 0.25) is 0 Å². The van der Waals surface area contributed by atoms with Crippen LogP contribution in [-0.4, -0.2) is 57.9 Å². The lowest BCUT2D eigenvalue weighted by Crippen LogP contribution is -2.38. The number of aromatic nitrogens is 2. The standard InChI is InChI=1S/C21H27N3O7/c1-21(2,3)19(26)31-12-23-11-22-15-8-14(29-4)9-16(17(15)18(23)25)30-10-13-6-5-7-24(13)20(27)28/h8-9,11,13H,5-7,10,12H2,1-4H3,(H,27,28)/t13-/m1/s1. The molecule has 1 fully saturated rings. The maximum atomic E-state index is 13.1. The van der Waals surface area contributed by atoms with E-state index in [4.69, 9.17) is 14.2 Å². The molecule has 1 N–H and O–H groups in total. The molecule has 168 valence electrons. The Hall–Kier alpha value is -3.30. The van der Waals surface area contributed by atoms with Crippen LogP contribution in [0.3, 0.4) is 0 Å². The molecule has 1 aromatic carbocycles. The number of carbonyl (C=O) groups is 2. The van der Waals surface area contributed by atoms with Crippen LogP contribution in [0.5, 0.6) is 11.5 Å². The molecular weight excluding hydrogens is 406 g/mol. The molecule has 2 aromatic rings. The highest BCUT2D eigenvalue weighted by atomic mass is 16.5. The number of benzene rings is 1. The zero-order chi connectivity index (χ0) is 22.8. The number of rotatable bonds is 6. The third-order valence-corrected chi connectivity index (χ3v) is 5.10. The summed E-state index contributed by atoms with van der Waals surface area (Å²) in [5.41, 5.74) is -0.780. The fourth-order valence-corrected chi connectivity index (χ4v) is 3.34. The van der Waals surface area contributed by atoms with Crippen LogP contribution < -0.4 is 15.0 Å². The van der Waals surface area contributed by atoms with Crippen LogP contribution in [0.4, 0.5) is 4.79 Å². The molecule has 0 radical (unpaired) electrons. The van der Waals surface area contributed by atoms with Crippen molar-refractivity contribution in [2.45, 2.75) is 46.4 Å². The molecule has 1 amide bonds. The molecule has 1 atom stereocenters. The Labute approximate surface area is 179 Å². The summed E-state index contributed by atoms with van der Waals surface area (Å²) in [4.78, 5) is 42.1. The van der Waals surface area contributed by atoms with E-state index >= 15 is 0 Å². The Kier molecular flexibility index (Phi) is 6.37. The summed E-state index contributed by atoms with van der Waals surface area (Å²) in [7, 11) is 1.49. The molecule has 1 aromatic heterocycles. The predicted molar refractivity (Wildman–Crippen MR) is 111 cm³/mol. The summed E-state index contributed by atoms with van der Waals surface area (Å²) in [6, 6.07) is 2.87. The third kappa shape index (κ3) is 4.89. The number of carboxylic acid groups (broad SMARTS) is 1. The number of esters is 1. The number of ether oxygens (including phenoxy) is 3. The van der Waals surface area contributed by atoms with Gasteiger partial charge in [0.25, 0.3) is 5.56 Å². The summed E-state index contributed by atoms with van der Waals surface area (Å²) in [6.07, 6.45) is 1.74. The van der Waals surface area contributed by atoms with Gasteiger partial charge in [-0.25, -0.2) is 9.78 Å². The van der Waals surface area contributed by atoms with Gasteiger partial charge in [-0.2, -0.15) is 0 Å². The van der Waals surface area contributed by atoms with E-state index in [9.17, 15) is 19.5 Å². The second-order valence-electron chi connectivity index (χ2n) is 8.43. The van der Waals surface area contributed by atoms with Crippen LogP contribution in [0, 0.1) is 5.41 Å². The van der Waals surface area contributed by atoms with Crippen molar-refractivity contribution in [2.75, 3.05) is 20.3 Å². The highest BCUT2D eigenvalue weighted by molar-refractivity contribution is 5.85. The van der Waals surface area contributed by atoms with E-state index < -0.39 is 23.0 Å². The fourth-order valence-electron chi connectivity index (χ4n) is 3.34. The van der Waals surface area contributed by atoms with Gasteiger partial charge in [-0.15, -0.1) is 0 Å². The minimum absolute atomic E-state index is 0.0991. The molecule has 0 aliphatic carbocycles. The van der Waals surface area contributed by atoms with Gasteiger partial charge in [0.1, 0.15) is 29.8 Å². The zero-order valence-electron chi connectivity index (χ0n) is 18.1. The molecule has 0 unspecified atom stereocenters. The molecule has 3 rings (SSSR count). The average Bonchev–Trinajstić information content (AvgIpc) is 3.19. The Balaban J connectivity index is 1.91. The van der Waals surface area contributed by atoms with E-state index in [1.165, 1.54) is 22.9 Å². The fraction of sp³-hybridized carbons (Fsp3) is 0.524. The van der Waals surface area contributed by atoms with Gasteiger partial charge in [0, 0.05) is 18.7 Å². The summed E-state index contributed by atoms with van der Waals surface area (Å²) < 4.78 is 17.6. The molecule has 10 heteroatoms. The molecule has 0 bridgehead atoms. The summed E-state index contributed by atoms with van der Waals surface area (Å²) in [5, 5.41) is 9.53. The van der Waals surface area contributed by atoms with Crippen molar-refractivity contribution in [3.63, 3.8) is 0 Å². The van der Waals surface area contributed by atoms with Crippen LogP contribution in [-0.2, 0) is 16.3 Å². The normalized spacial score (nSPS) is 16.4. The quantitative estimate of drug-likeness (QED) is 0.690. The van der Waals surface area contributed by atoms with Crippen LogP contribution in [0.2, 0.25) is 0 Å². The van der Waals surface area contributed by atoms with E-state index in [0.29, 0.717) is 24.2 Å². The topological polar surface area (TPSA) is 120 Å². The van der Waals surface area contributed by atoms with Crippen molar-refractivity contribution in [3.8, 4) is 11.5 Å². The lowest BCUT2D eigenvalue weighted by molar-refractivity contribution is -0.157. The monoisotopic (exact) mass is 433 g/mol. The second-order valence-corrected chi connectivity index (χ2v) is 8.43. The summed E-state index contributed by atoms with van der Waals surface area (Å²) in [6.45, 7) is 5.44. The molecule has 1 aliphatic heterocycles. The number of nitrogens with zero attached hydrogens (tertiary/aromatic N) is 3. The van der Waals surface area contributed by atoms with Crippen molar-refractivity contribution in [3.05, 3.63) is 28.8 Å². The molecular formula is C21H27N3O7. The van der Waals surface area contributed by atoms with Crippen molar-refractivity contribution in [2.24, 2.45) is 5.41 Å². The van der Waals surface area contributed by atoms with Gasteiger partial charge in [-0.05, 0) is 33.6 Å². The van der Waals surface area contributed by atoms with Crippen molar-refractivity contribution < 1.29 is 28.9 Å². The van der Waals surface area contributed by atoms with Crippen LogP contribution in [0.25, 0.3) is 10.9 Å². The Morgan fingerprint density at radius 1 is 1.29 bits per heavy atom. The lowest BCUT2D eigenvalue weighted by Gasteiger charge is -2.22. The van der Waals surface area contributed by atoms with Crippen molar-refractivity contribution >= 4 is 23.0 Å². The first-order chi connectivity index (χ1) is 14.6. The largest absolute Gasteiger partial charge is 0.497 e. The second kappa shape index (κ2) is 8.83. The number of methoxy groups -OCH3 is 1. The van der Waals surface area contributed by atoms with E-state index in [-0.39, 0.29) is 30.5 Å². The zero-order valence-corrected chi connectivity index (χ0v) is 18.1. The van der Waals surface area contributed by atoms with E-state index in [0.717, 1.165) is 6.42 Å². The Morgan fingerprint density at radius 2 is 2.03 bits per heavy atom. The molecule has 0 spiro atoms. The number of likely N-dealkylation sites (tertiary alicyclic amines) is 1. The first kappa shape index (κ1) is 22.4. The first-order valence-corrected chi connectivity index (χ1v) is 9.98. The van der Waals surface area contributed by atoms with Gasteiger partial charge in [-0.1, -0.05) is 0 Å². The third-order valence-electron chi connectivity index (χ3n) is 5.10.